The summed E-state index contributed by atoms with van der Waals surface area (Å²) in [7, 11) is 0. The molecule has 2 aliphatic rings. The number of fused-ring (bicyclic) bond motifs is 1. The highest BCUT2D eigenvalue weighted by Gasteiger charge is 2.26. The summed E-state index contributed by atoms with van der Waals surface area (Å²) in [6.45, 7) is 7.38. The fraction of sp³-hybridized carbons (Fsp3) is 0.632. The molecule has 0 atom stereocenters. The first-order chi connectivity index (χ1) is 10.9. The number of anilines is 1. The van der Waals surface area contributed by atoms with E-state index in [1.54, 1.807) is 0 Å². The SMILES string of the molecule is CC(C)(C)C(=O)Nc1ccc2c(c1)CN(C1CCCCC1)CO2. The summed E-state index contributed by atoms with van der Waals surface area (Å²) in [5.74, 6) is 0.990. The van der Waals surface area contributed by atoms with Gasteiger partial charge < -0.3 is 10.1 Å². The smallest absolute Gasteiger partial charge is 0.229 e. The normalized spacial score (nSPS) is 19.8. The van der Waals surface area contributed by atoms with Gasteiger partial charge in [0.1, 0.15) is 12.5 Å². The quantitative estimate of drug-likeness (QED) is 0.891. The Hall–Kier alpha value is -1.55. The zero-order valence-electron chi connectivity index (χ0n) is 14.5. The number of carbonyl (C=O) groups is 1. The fourth-order valence-corrected chi connectivity index (χ4v) is 3.34. The summed E-state index contributed by atoms with van der Waals surface area (Å²) >= 11 is 0. The van der Waals surface area contributed by atoms with Crippen LogP contribution in [0.25, 0.3) is 0 Å². The van der Waals surface area contributed by atoms with E-state index in [1.165, 1.54) is 37.7 Å². The maximum Gasteiger partial charge on any atom is 0.229 e. The molecule has 0 radical (unpaired) electrons. The van der Waals surface area contributed by atoms with Crippen molar-refractivity contribution >= 4 is 11.6 Å². The second-order valence-electron chi connectivity index (χ2n) is 7.84. The van der Waals surface area contributed by atoms with Crippen molar-refractivity contribution in [2.45, 2.75) is 65.5 Å². The third-order valence-corrected chi connectivity index (χ3v) is 4.85. The van der Waals surface area contributed by atoms with Crippen molar-refractivity contribution in [3.05, 3.63) is 23.8 Å². The maximum atomic E-state index is 12.2. The van der Waals surface area contributed by atoms with E-state index in [9.17, 15) is 4.79 Å². The Morgan fingerprint density at radius 3 is 2.65 bits per heavy atom. The van der Waals surface area contributed by atoms with Crippen LogP contribution in [0.5, 0.6) is 5.75 Å². The average Bonchev–Trinajstić information content (AvgIpc) is 2.54. The van der Waals surface area contributed by atoms with Gasteiger partial charge in [0, 0.05) is 29.3 Å². The van der Waals surface area contributed by atoms with Gasteiger partial charge in [0.05, 0.1) is 0 Å². The minimum absolute atomic E-state index is 0.0401. The van der Waals surface area contributed by atoms with Crippen molar-refractivity contribution in [3.8, 4) is 5.75 Å². The zero-order chi connectivity index (χ0) is 16.4. The van der Waals surface area contributed by atoms with Gasteiger partial charge in [-0.25, -0.2) is 0 Å². The van der Waals surface area contributed by atoms with Crippen molar-refractivity contribution in [2.75, 3.05) is 12.0 Å². The molecule has 1 aromatic carbocycles. The maximum absolute atomic E-state index is 12.2. The van der Waals surface area contributed by atoms with E-state index in [4.69, 9.17) is 4.74 Å². The van der Waals surface area contributed by atoms with Crippen molar-refractivity contribution in [2.24, 2.45) is 5.41 Å². The highest BCUT2D eigenvalue weighted by atomic mass is 16.5. The number of rotatable bonds is 2. The Balaban J connectivity index is 1.71. The van der Waals surface area contributed by atoms with Crippen molar-refractivity contribution in [3.63, 3.8) is 0 Å². The Morgan fingerprint density at radius 1 is 1.22 bits per heavy atom. The first kappa shape index (κ1) is 16.3. The van der Waals surface area contributed by atoms with Crippen LogP contribution in [-0.4, -0.2) is 23.6 Å². The van der Waals surface area contributed by atoms with Gasteiger partial charge >= 0.3 is 0 Å². The van der Waals surface area contributed by atoms with E-state index in [2.05, 4.69) is 16.3 Å². The lowest BCUT2D eigenvalue weighted by molar-refractivity contribution is -0.123. The molecule has 1 saturated carbocycles. The number of nitrogens with one attached hydrogen (secondary N) is 1. The van der Waals surface area contributed by atoms with Crippen LogP contribution in [-0.2, 0) is 11.3 Å². The number of carbonyl (C=O) groups excluding carboxylic acids is 1. The van der Waals surface area contributed by atoms with Gasteiger partial charge in [-0.1, -0.05) is 40.0 Å². The third-order valence-electron chi connectivity index (χ3n) is 4.85. The van der Waals surface area contributed by atoms with Gasteiger partial charge in [0.15, 0.2) is 0 Å². The minimum Gasteiger partial charge on any atom is -0.478 e. The number of benzene rings is 1. The second-order valence-corrected chi connectivity index (χ2v) is 7.84. The van der Waals surface area contributed by atoms with Crippen LogP contribution >= 0.6 is 0 Å². The van der Waals surface area contributed by atoms with Gasteiger partial charge in [0.25, 0.3) is 0 Å². The summed E-state index contributed by atoms with van der Waals surface area (Å²) < 4.78 is 5.93. The molecule has 0 bridgehead atoms. The molecule has 1 fully saturated rings. The largest absolute Gasteiger partial charge is 0.478 e. The molecular formula is C19H28N2O2. The zero-order valence-corrected chi connectivity index (χ0v) is 14.5. The minimum atomic E-state index is -0.388. The molecule has 1 heterocycles. The van der Waals surface area contributed by atoms with Crippen molar-refractivity contribution in [1.82, 2.24) is 4.90 Å². The monoisotopic (exact) mass is 316 g/mol. The molecular weight excluding hydrogens is 288 g/mol. The predicted octanol–water partition coefficient (Wildman–Crippen LogP) is 4.16. The van der Waals surface area contributed by atoms with Crippen LogP contribution in [0.1, 0.15) is 58.4 Å². The van der Waals surface area contributed by atoms with E-state index in [-0.39, 0.29) is 11.3 Å². The number of hydrogen-bond acceptors (Lipinski definition) is 3. The van der Waals surface area contributed by atoms with E-state index < -0.39 is 0 Å². The van der Waals surface area contributed by atoms with Crippen LogP contribution in [0.4, 0.5) is 5.69 Å². The number of hydrogen-bond donors (Lipinski definition) is 1. The van der Waals surface area contributed by atoms with E-state index in [1.807, 2.05) is 32.9 Å². The van der Waals surface area contributed by atoms with Crippen LogP contribution in [0.15, 0.2) is 18.2 Å². The topological polar surface area (TPSA) is 41.6 Å². The van der Waals surface area contributed by atoms with Gasteiger partial charge in [-0.05, 0) is 31.0 Å². The van der Waals surface area contributed by atoms with E-state index in [0.29, 0.717) is 12.8 Å². The van der Waals surface area contributed by atoms with Gasteiger partial charge in [-0.3, -0.25) is 9.69 Å². The van der Waals surface area contributed by atoms with E-state index >= 15 is 0 Å². The van der Waals surface area contributed by atoms with Gasteiger partial charge in [-0.2, -0.15) is 0 Å². The number of nitrogens with zero attached hydrogens (tertiary/aromatic N) is 1. The summed E-state index contributed by atoms with van der Waals surface area (Å²) in [5, 5.41) is 3.01. The van der Waals surface area contributed by atoms with Gasteiger partial charge in [0.2, 0.25) is 5.91 Å². The fourth-order valence-electron chi connectivity index (χ4n) is 3.34. The van der Waals surface area contributed by atoms with Crippen molar-refractivity contribution < 1.29 is 9.53 Å². The highest BCUT2D eigenvalue weighted by Crippen LogP contribution is 2.32. The van der Waals surface area contributed by atoms with Crippen LogP contribution < -0.4 is 10.1 Å². The molecule has 4 nitrogen and oxygen atoms in total. The molecule has 1 amide bonds. The standard InChI is InChI=1S/C19H28N2O2/c1-19(2,3)18(22)20-15-9-10-17-14(11-15)12-21(13-23-17)16-7-5-4-6-8-16/h9-11,16H,4-8,12-13H2,1-3H3,(H,20,22). The Kier molecular flexibility index (Phi) is 4.62. The molecule has 0 aromatic heterocycles. The van der Waals surface area contributed by atoms with Crippen LogP contribution in [0.2, 0.25) is 0 Å². The highest BCUT2D eigenvalue weighted by molar-refractivity contribution is 5.94. The third kappa shape index (κ3) is 3.86. The molecule has 3 rings (SSSR count). The van der Waals surface area contributed by atoms with E-state index in [0.717, 1.165) is 18.0 Å². The molecule has 0 spiro atoms. The molecule has 1 aliphatic heterocycles. The molecule has 1 N–H and O–H groups in total. The molecule has 126 valence electrons. The Labute approximate surface area is 139 Å². The average molecular weight is 316 g/mol. The molecule has 0 saturated heterocycles. The van der Waals surface area contributed by atoms with Crippen molar-refractivity contribution in [1.29, 1.82) is 0 Å². The second kappa shape index (κ2) is 6.52. The number of amides is 1. The molecule has 1 aromatic rings. The molecule has 23 heavy (non-hydrogen) atoms. The van der Waals surface area contributed by atoms with Gasteiger partial charge in [-0.15, -0.1) is 0 Å². The lowest BCUT2D eigenvalue weighted by atomic mass is 9.93. The number of ether oxygens (including phenoxy) is 1. The summed E-state index contributed by atoms with van der Waals surface area (Å²) in [6, 6.07) is 6.61. The summed E-state index contributed by atoms with van der Waals surface area (Å²) in [5.41, 5.74) is 1.65. The predicted molar refractivity (Wildman–Crippen MR) is 92.4 cm³/mol. The molecule has 1 aliphatic carbocycles. The first-order valence-corrected chi connectivity index (χ1v) is 8.75. The lowest BCUT2D eigenvalue weighted by Gasteiger charge is -2.37. The molecule has 4 heteroatoms. The summed E-state index contributed by atoms with van der Waals surface area (Å²) in [6.07, 6.45) is 6.58. The summed E-state index contributed by atoms with van der Waals surface area (Å²) in [4.78, 5) is 14.6. The Morgan fingerprint density at radius 2 is 1.96 bits per heavy atom. The Bertz CT molecular complexity index is 571. The molecule has 0 unspecified atom stereocenters. The lowest BCUT2D eigenvalue weighted by Crippen LogP contribution is -2.41. The first-order valence-electron chi connectivity index (χ1n) is 8.75. The van der Waals surface area contributed by atoms with Crippen LogP contribution in [0, 0.1) is 5.41 Å². The van der Waals surface area contributed by atoms with Crippen LogP contribution in [0.3, 0.4) is 0 Å².